The van der Waals surface area contributed by atoms with Crippen molar-refractivity contribution in [2.24, 2.45) is 0 Å². The van der Waals surface area contributed by atoms with E-state index in [0.717, 1.165) is 41.3 Å². The minimum Gasteiger partial charge on any atom is -0.367 e. The van der Waals surface area contributed by atoms with Crippen molar-refractivity contribution in [2.45, 2.75) is 26.5 Å². The number of H-pyrrole nitrogens is 1. The number of nitrogens with one attached hydrogen (secondary N) is 1. The Morgan fingerprint density at radius 3 is 2.92 bits per heavy atom. The zero-order chi connectivity index (χ0) is 16.5. The Labute approximate surface area is 140 Å². The summed E-state index contributed by atoms with van der Waals surface area (Å²) < 4.78 is 5.81. The van der Waals surface area contributed by atoms with E-state index in [2.05, 4.69) is 31.1 Å². The summed E-state index contributed by atoms with van der Waals surface area (Å²) in [7, 11) is 0. The fourth-order valence-corrected chi connectivity index (χ4v) is 3.07. The predicted octanol–water partition coefficient (Wildman–Crippen LogP) is 1.94. The van der Waals surface area contributed by atoms with Gasteiger partial charge in [0.05, 0.1) is 18.7 Å². The largest absolute Gasteiger partial charge is 0.367 e. The number of hydrogen-bond donors (Lipinski definition) is 1. The van der Waals surface area contributed by atoms with E-state index >= 15 is 0 Å². The van der Waals surface area contributed by atoms with E-state index in [9.17, 15) is 0 Å². The highest BCUT2D eigenvalue weighted by atomic mass is 16.5. The van der Waals surface area contributed by atoms with E-state index in [0.29, 0.717) is 19.0 Å². The molecule has 1 aliphatic heterocycles. The van der Waals surface area contributed by atoms with Crippen molar-refractivity contribution in [1.29, 1.82) is 0 Å². The lowest BCUT2D eigenvalue weighted by molar-refractivity contribution is -0.0377. The van der Waals surface area contributed by atoms with Gasteiger partial charge in [0.15, 0.2) is 5.82 Å². The van der Waals surface area contributed by atoms with Gasteiger partial charge in [-0.2, -0.15) is 5.10 Å². The summed E-state index contributed by atoms with van der Waals surface area (Å²) in [5.41, 5.74) is 2.01. The zero-order valence-corrected chi connectivity index (χ0v) is 13.9. The molecule has 4 rings (SSSR count). The molecule has 124 valence electrons. The molecule has 0 aliphatic carbocycles. The molecule has 3 heterocycles. The third kappa shape index (κ3) is 3.00. The summed E-state index contributed by atoms with van der Waals surface area (Å²) in [6.45, 7) is 6.89. The highest BCUT2D eigenvalue weighted by Crippen LogP contribution is 2.21. The van der Waals surface area contributed by atoms with Crippen LogP contribution in [0.3, 0.4) is 0 Å². The van der Waals surface area contributed by atoms with Gasteiger partial charge in [-0.05, 0) is 19.9 Å². The second-order valence-corrected chi connectivity index (χ2v) is 6.12. The maximum atomic E-state index is 5.81. The van der Waals surface area contributed by atoms with Crippen LogP contribution in [0.5, 0.6) is 0 Å². The van der Waals surface area contributed by atoms with Gasteiger partial charge in [0.2, 0.25) is 0 Å². The van der Waals surface area contributed by atoms with Crippen LogP contribution in [0.4, 0.5) is 0 Å². The van der Waals surface area contributed by atoms with Gasteiger partial charge in [0, 0.05) is 24.2 Å². The smallest absolute Gasteiger partial charge is 0.180 e. The Balaban J connectivity index is 1.52. The molecule has 0 amide bonds. The molecule has 1 aromatic carbocycles. The molecular formula is C17H20N6O. The van der Waals surface area contributed by atoms with E-state index in [-0.39, 0.29) is 6.10 Å². The van der Waals surface area contributed by atoms with E-state index in [1.54, 1.807) is 0 Å². The van der Waals surface area contributed by atoms with Crippen molar-refractivity contribution in [2.75, 3.05) is 19.7 Å². The molecule has 0 bridgehead atoms. The second-order valence-electron chi connectivity index (χ2n) is 6.12. The van der Waals surface area contributed by atoms with Gasteiger partial charge >= 0.3 is 0 Å². The molecule has 7 nitrogen and oxygen atoms in total. The molecule has 1 aliphatic rings. The molecule has 1 N–H and O–H groups in total. The fourth-order valence-electron chi connectivity index (χ4n) is 3.07. The Morgan fingerprint density at radius 1 is 1.21 bits per heavy atom. The number of ether oxygens (including phenoxy) is 1. The summed E-state index contributed by atoms with van der Waals surface area (Å²) in [4.78, 5) is 16.0. The van der Waals surface area contributed by atoms with Gasteiger partial charge in [-0.1, -0.05) is 18.2 Å². The van der Waals surface area contributed by atoms with Crippen LogP contribution in [0.15, 0.2) is 24.3 Å². The van der Waals surface area contributed by atoms with E-state index < -0.39 is 0 Å². The average molecular weight is 324 g/mol. The van der Waals surface area contributed by atoms with Crippen molar-refractivity contribution in [3.63, 3.8) is 0 Å². The first-order chi connectivity index (χ1) is 11.7. The number of hydrogen-bond acceptors (Lipinski definition) is 6. The molecule has 1 unspecified atom stereocenters. The average Bonchev–Trinajstić information content (AvgIpc) is 3.02. The highest BCUT2D eigenvalue weighted by Gasteiger charge is 2.25. The van der Waals surface area contributed by atoms with Crippen molar-refractivity contribution in [3.8, 4) is 0 Å². The number of rotatable bonds is 3. The van der Waals surface area contributed by atoms with Crippen LogP contribution in [0.2, 0.25) is 0 Å². The number of para-hydroxylation sites is 1. The molecule has 1 atom stereocenters. The zero-order valence-electron chi connectivity index (χ0n) is 13.9. The molecule has 2 aromatic heterocycles. The van der Waals surface area contributed by atoms with Crippen LogP contribution in [0.1, 0.15) is 29.3 Å². The number of aromatic amines is 1. The van der Waals surface area contributed by atoms with Crippen molar-refractivity contribution in [3.05, 3.63) is 47.4 Å². The molecule has 7 heteroatoms. The third-order valence-corrected chi connectivity index (χ3v) is 4.26. The SMILES string of the molecule is Cc1nc(C2CN(Cc3nc(C)c4ccccc4n3)CCO2)n[nH]1. The summed E-state index contributed by atoms with van der Waals surface area (Å²) in [6, 6.07) is 8.12. The molecule has 1 saturated heterocycles. The maximum Gasteiger partial charge on any atom is 0.180 e. The second kappa shape index (κ2) is 6.26. The normalized spacial score (nSPS) is 19.0. The third-order valence-electron chi connectivity index (χ3n) is 4.26. The van der Waals surface area contributed by atoms with Crippen LogP contribution in [0.25, 0.3) is 10.9 Å². The molecule has 24 heavy (non-hydrogen) atoms. The van der Waals surface area contributed by atoms with E-state index in [1.165, 1.54) is 0 Å². The summed E-state index contributed by atoms with van der Waals surface area (Å²) in [5, 5.41) is 8.20. The van der Waals surface area contributed by atoms with Crippen LogP contribution in [-0.4, -0.2) is 49.7 Å². The quantitative estimate of drug-likeness (QED) is 0.793. The molecule has 1 fully saturated rings. The Kier molecular flexibility index (Phi) is 3.95. The molecule has 0 spiro atoms. The van der Waals surface area contributed by atoms with E-state index in [4.69, 9.17) is 9.72 Å². The lowest BCUT2D eigenvalue weighted by Gasteiger charge is -2.31. The summed E-state index contributed by atoms with van der Waals surface area (Å²) in [5.74, 6) is 2.37. The van der Waals surface area contributed by atoms with Crippen molar-refractivity contribution >= 4 is 10.9 Å². The fraction of sp³-hybridized carbons (Fsp3) is 0.412. The standard InChI is InChI=1S/C17H20N6O/c1-11-13-5-3-4-6-14(13)20-16(18-11)10-23-7-8-24-15(9-23)17-19-12(2)21-22-17/h3-6,15H,7-10H2,1-2H3,(H,19,21,22). The molecule has 0 saturated carbocycles. The number of nitrogens with zero attached hydrogens (tertiary/aromatic N) is 5. The predicted molar refractivity (Wildman–Crippen MR) is 89.4 cm³/mol. The molecular weight excluding hydrogens is 304 g/mol. The number of morpholine rings is 1. The van der Waals surface area contributed by atoms with Crippen LogP contribution in [0, 0.1) is 13.8 Å². The number of fused-ring (bicyclic) bond motifs is 1. The monoisotopic (exact) mass is 324 g/mol. The molecule has 0 radical (unpaired) electrons. The van der Waals surface area contributed by atoms with Crippen LogP contribution >= 0.6 is 0 Å². The summed E-state index contributed by atoms with van der Waals surface area (Å²) in [6.07, 6.45) is -0.106. The first-order valence-corrected chi connectivity index (χ1v) is 8.14. The lowest BCUT2D eigenvalue weighted by Crippen LogP contribution is -2.38. The minimum atomic E-state index is -0.106. The van der Waals surface area contributed by atoms with Gasteiger partial charge in [0.1, 0.15) is 17.8 Å². The van der Waals surface area contributed by atoms with Gasteiger partial charge in [0.25, 0.3) is 0 Å². The lowest BCUT2D eigenvalue weighted by atomic mass is 10.2. The van der Waals surface area contributed by atoms with Gasteiger partial charge in [-0.15, -0.1) is 0 Å². The number of benzene rings is 1. The minimum absolute atomic E-state index is 0.106. The first kappa shape index (κ1) is 15.2. The van der Waals surface area contributed by atoms with Crippen LogP contribution < -0.4 is 0 Å². The van der Waals surface area contributed by atoms with Gasteiger partial charge in [-0.3, -0.25) is 10.00 Å². The molecule has 3 aromatic rings. The van der Waals surface area contributed by atoms with Gasteiger partial charge in [-0.25, -0.2) is 15.0 Å². The Hall–Kier alpha value is -2.38. The Bertz CT molecular complexity index is 861. The topological polar surface area (TPSA) is 79.8 Å². The Morgan fingerprint density at radius 2 is 2.08 bits per heavy atom. The first-order valence-electron chi connectivity index (χ1n) is 8.14. The number of aryl methyl sites for hydroxylation is 2. The number of aromatic nitrogens is 5. The van der Waals surface area contributed by atoms with E-state index in [1.807, 2.05) is 32.0 Å². The van der Waals surface area contributed by atoms with Crippen molar-refractivity contribution in [1.82, 2.24) is 30.0 Å². The van der Waals surface area contributed by atoms with Crippen molar-refractivity contribution < 1.29 is 4.74 Å². The van der Waals surface area contributed by atoms with Gasteiger partial charge < -0.3 is 4.74 Å². The highest BCUT2D eigenvalue weighted by molar-refractivity contribution is 5.80. The summed E-state index contributed by atoms with van der Waals surface area (Å²) >= 11 is 0. The maximum absolute atomic E-state index is 5.81. The van der Waals surface area contributed by atoms with Crippen LogP contribution in [-0.2, 0) is 11.3 Å².